The van der Waals surface area contributed by atoms with E-state index in [1.54, 1.807) is 20.8 Å². The maximum Gasteiger partial charge on any atom is 0.355 e. The third-order valence-corrected chi connectivity index (χ3v) is 4.19. The molecule has 0 fully saturated rings. The highest BCUT2D eigenvalue weighted by atomic mass is 35.5. The lowest BCUT2D eigenvalue weighted by Crippen LogP contribution is -2.26. The van der Waals surface area contributed by atoms with Crippen LogP contribution in [0.3, 0.4) is 0 Å². The summed E-state index contributed by atoms with van der Waals surface area (Å²) < 4.78 is 5.02. The Morgan fingerprint density at radius 2 is 2.00 bits per heavy atom. The van der Waals surface area contributed by atoms with E-state index in [0.717, 1.165) is 5.56 Å². The third kappa shape index (κ3) is 4.71. The number of carbonyl (C=O) groups excluding carboxylic acids is 2. The van der Waals surface area contributed by atoms with Crippen molar-refractivity contribution >= 4 is 23.4 Å². The second-order valence-corrected chi connectivity index (χ2v) is 6.51. The molecular weight excluding hydrogens is 340 g/mol. The molecule has 0 aliphatic rings. The molecule has 0 bridgehead atoms. The summed E-state index contributed by atoms with van der Waals surface area (Å²) in [5.74, 6) is -0.472. The molecule has 2 rings (SSSR count). The fourth-order valence-corrected chi connectivity index (χ4v) is 3.12. The Labute approximate surface area is 152 Å². The zero-order valence-electron chi connectivity index (χ0n) is 15.0. The number of aryl methyl sites for hydroxylation is 1. The van der Waals surface area contributed by atoms with Gasteiger partial charge in [-0.1, -0.05) is 23.7 Å². The molecule has 0 spiro atoms. The largest absolute Gasteiger partial charge is 0.461 e. The van der Waals surface area contributed by atoms with E-state index in [9.17, 15) is 9.59 Å². The van der Waals surface area contributed by atoms with Crippen molar-refractivity contribution in [3.63, 3.8) is 0 Å². The van der Waals surface area contributed by atoms with Crippen LogP contribution >= 0.6 is 11.6 Å². The fourth-order valence-electron chi connectivity index (χ4n) is 2.90. The third-order valence-electron chi connectivity index (χ3n) is 3.95. The average molecular weight is 363 g/mol. The van der Waals surface area contributed by atoms with Gasteiger partial charge in [-0.3, -0.25) is 9.69 Å². The SMILES string of the molecule is CCOC(=O)c1[nH]c(C)c(C(=O)CN(C)Cc2cccc(Cl)c2)c1C. The lowest BCUT2D eigenvalue weighted by molar-refractivity contribution is 0.0519. The molecule has 0 radical (unpaired) electrons. The predicted octanol–water partition coefficient (Wildman–Crippen LogP) is 3.78. The number of Topliss-reactive ketones (excluding diaryl/α,β-unsaturated/α-hetero) is 1. The van der Waals surface area contributed by atoms with E-state index in [1.165, 1.54) is 0 Å². The minimum atomic E-state index is -0.436. The molecule has 0 aliphatic carbocycles. The Morgan fingerprint density at radius 1 is 1.28 bits per heavy atom. The van der Waals surface area contributed by atoms with Gasteiger partial charge in [-0.15, -0.1) is 0 Å². The first kappa shape index (κ1) is 19.2. The molecule has 1 N–H and O–H groups in total. The van der Waals surface area contributed by atoms with Gasteiger partial charge < -0.3 is 9.72 Å². The Morgan fingerprint density at radius 3 is 2.64 bits per heavy atom. The van der Waals surface area contributed by atoms with Crippen molar-refractivity contribution in [2.24, 2.45) is 0 Å². The maximum atomic E-state index is 12.7. The summed E-state index contributed by atoms with van der Waals surface area (Å²) >= 11 is 6.00. The highest BCUT2D eigenvalue weighted by Gasteiger charge is 2.23. The zero-order valence-corrected chi connectivity index (χ0v) is 15.7. The van der Waals surface area contributed by atoms with E-state index in [4.69, 9.17) is 16.3 Å². The smallest absolute Gasteiger partial charge is 0.355 e. The maximum absolute atomic E-state index is 12.7. The van der Waals surface area contributed by atoms with Crippen molar-refractivity contribution in [2.75, 3.05) is 20.2 Å². The van der Waals surface area contributed by atoms with Crippen molar-refractivity contribution in [1.29, 1.82) is 0 Å². The van der Waals surface area contributed by atoms with Gasteiger partial charge in [-0.2, -0.15) is 0 Å². The number of esters is 1. The molecule has 1 heterocycles. The van der Waals surface area contributed by atoms with Crippen LogP contribution in [0, 0.1) is 13.8 Å². The van der Waals surface area contributed by atoms with Crippen molar-refractivity contribution < 1.29 is 14.3 Å². The number of nitrogens with zero attached hydrogens (tertiary/aromatic N) is 1. The van der Waals surface area contributed by atoms with Crippen LogP contribution in [0.5, 0.6) is 0 Å². The van der Waals surface area contributed by atoms with E-state index in [2.05, 4.69) is 4.98 Å². The number of rotatable bonds is 7. The summed E-state index contributed by atoms with van der Waals surface area (Å²) in [5.41, 5.74) is 3.26. The molecule has 6 heteroatoms. The molecule has 2 aromatic rings. The Bertz CT molecular complexity index is 783. The summed E-state index contributed by atoms with van der Waals surface area (Å²) in [6, 6.07) is 7.56. The Hall–Kier alpha value is -2.11. The van der Waals surface area contributed by atoms with Gasteiger partial charge in [-0.05, 0) is 51.1 Å². The molecule has 25 heavy (non-hydrogen) atoms. The molecule has 0 amide bonds. The highest BCUT2D eigenvalue weighted by Crippen LogP contribution is 2.20. The van der Waals surface area contributed by atoms with Crippen molar-refractivity contribution in [3.05, 3.63) is 57.4 Å². The van der Waals surface area contributed by atoms with E-state index in [0.29, 0.717) is 40.7 Å². The van der Waals surface area contributed by atoms with Gasteiger partial charge in [0.1, 0.15) is 5.69 Å². The lowest BCUT2D eigenvalue weighted by Gasteiger charge is -2.16. The average Bonchev–Trinajstić information content (AvgIpc) is 2.82. The van der Waals surface area contributed by atoms with E-state index in [1.807, 2.05) is 36.2 Å². The van der Waals surface area contributed by atoms with Gasteiger partial charge in [0, 0.05) is 22.8 Å². The predicted molar refractivity (Wildman–Crippen MR) is 98.3 cm³/mol. The summed E-state index contributed by atoms with van der Waals surface area (Å²) in [5, 5.41) is 0.675. The minimum Gasteiger partial charge on any atom is -0.461 e. The first-order valence-corrected chi connectivity index (χ1v) is 8.53. The Kier molecular flexibility index (Phi) is 6.39. The number of hydrogen-bond donors (Lipinski definition) is 1. The number of aromatic amines is 1. The number of aromatic nitrogens is 1. The topological polar surface area (TPSA) is 62.4 Å². The highest BCUT2D eigenvalue weighted by molar-refractivity contribution is 6.30. The van der Waals surface area contributed by atoms with Crippen LogP contribution in [-0.4, -0.2) is 41.8 Å². The summed E-state index contributed by atoms with van der Waals surface area (Å²) in [6.45, 7) is 6.45. The van der Waals surface area contributed by atoms with Crippen LogP contribution in [0.15, 0.2) is 24.3 Å². The Balaban J connectivity index is 2.11. The van der Waals surface area contributed by atoms with Crippen LogP contribution < -0.4 is 0 Å². The molecule has 0 unspecified atom stereocenters. The van der Waals surface area contributed by atoms with E-state index < -0.39 is 5.97 Å². The standard InChI is InChI=1S/C19H23ClN2O3/c1-5-25-19(24)18-12(2)17(13(3)21-18)16(23)11-22(4)10-14-7-6-8-15(20)9-14/h6-9,21H,5,10-11H2,1-4H3. The number of nitrogens with one attached hydrogen (secondary N) is 1. The number of carbonyl (C=O) groups is 2. The minimum absolute atomic E-state index is 0.0358. The van der Waals surface area contributed by atoms with Crippen molar-refractivity contribution in [2.45, 2.75) is 27.3 Å². The molecule has 1 aromatic heterocycles. The van der Waals surface area contributed by atoms with Crippen LogP contribution in [0.25, 0.3) is 0 Å². The quantitative estimate of drug-likeness (QED) is 0.601. The van der Waals surface area contributed by atoms with Crippen LogP contribution in [0.4, 0.5) is 0 Å². The van der Waals surface area contributed by atoms with Crippen molar-refractivity contribution in [3.8, 4) is 0 Å². The summed E-state index contributed by atoms with van der Waals surface area (Å²) in [6.07, 6.45) is 0. The number of ether oxygens (including phenoxy) is 1. The van der Waals surface area contributed by atoms with Gasteiger partial charge >= 0.3 is 5.97 Å². The van der Waals surface area contributed by atoms with Crippen LogP contribution in [-0.2, 0) is 11.3 Å². The first-order chi connectivity index (χ1) is 11.8. The number of benzene rings is 1. The molecule has 5 nitrogen and oxygen atoms in total. The van der Waals surface area contributed by atoms with Crippen LogP contribution in [0.2, 0.25) is 5.02 Å². The second-order valence-electron chi connectivity index (χ2n) is 6.07. The van der Waals surface area contributed by atoms with Crippen molar-refractivity contribution in [1.82, 2.24) is 9.88 Å². The molecule has 134 valence electrons. The number of hydrogen-bond acceptors (Lipinski definition) is 4. The zero-order chi connectivity index (χ0) is 18.6. The molecule has 0 atom stereocenters. The molecule has 0 saturated carbocycles. The lowest BCUT2D eigenvalue weighted by atomic mass is 10.1. The first-order valence-electron chi connectivity index (χ1n) is 8.16. The fraction of sp³-hybridized carbons (Fsp3) is 0.368. The van der Waals surface area contributed by atoms with Gasteiger partial charge in [0.25, 0.3) is 0 Å². The van der Waals surface area contributed by atoms with Gasteiger partial charge in [-0.25, -0.2) is 4.79 Å². The summed E-state index contributed by atoms with van der Waals surface area (Å²) in [4.78, 5) is 29.6. The molecule has 1 aromatic carbocycles. The van der Waals surface area contributed by atoms with Crippen LogP contribution in [0.1, 0.15) is 44.6 Å². The normalized spacial score (nSPS) is 11.0. The molecule has 0 saturated heterocycles. The van der Waals surface area contributed by atoms with Gasteiger partial charge in [0.15, 0.2) is 5.78 Å². The number of likely N-dealkylation sites (N-methyl/N-ethyl adjacent to an activating group) is 1. The number of halogens is 1. The number of ketones is 1. The number of H-pyrrole nitrogens is 1. The summed E-state index contributed by atoms with van der Waals surface area (Å²) in [7, 11) is 1.88. The van der Waals surface area contributed by atoms with Gasteiger partial charge in [0.05, 0.1) is 13.2 Å². The second kappa shape index (κ2) is 8.32. The van der Waals surface area contributed by atoms with E-state index in [-0.39, 0.29) is 12.3 Å². The monoisotopic (exact) mass is 362 g/mol. The van der Waals surface area contributed by atoms with Gasteiger partial charge in [0.2, 0.25) is 0 Å². The molecule has 0 aliphatic heterocycles. The molecular formula is C19H23ClN2O3. The van der Waals surface area contributed by atoms with E-state index >= 15 is 0 Å².